The van der Waals surface area contributed by atoms with Crippen molar-refractivity contribution in [3.05, 3.63) is 105 Å². The number of carbonyl (C=O) groups excluding carboxylic acids is 2. The fraction of sp³-hybridized carbons (Fsp3) is 0.0833. The van der Waals surface area contributed by atoms with Crippen LogP contribution < -0.4 is 9.47 Å². The van der Waals surface area contributed by atoms with Crippen LogP contribution in [0, 0.1) is 17.0 Å². The van der Waals surface area contributed by atoms with E-state index in [0.29, 0.717) is 11.1 Å². The quantitative estimate of drug-likeness (QED) is 0.134. The van der Waals surface area contributed by atoms with Gasteiger partial charge in [-0.25, -0.2) is 4.79 Å². The molecule has 3 rings (SSSR count). The topological polar surface area (TPSA) is 95.7 Å². The summed E-state index contributed by atoms with van der Waals surface area (Å²) in [6, 6.07) is 17.3. The third kappa shape index (κ3) is 5.42. The molecule has 3 aromatic rings. The molecule has 0 amide bonds. The largest absolute Gasteiger partial charge is 0.493 e. The van der Waals surface area contributed by atoms with Crippen LogP contribution in [0.4, 0.5) is 5.69 Å². The summed E-state index contributed by atoms with van der Waals surface area (Å²) in [6.45, 7) is 1.95. The molecular formula is C24H19NO6. The third-order valence-electron chi connectivity index (χ3n) is 4.45. The number of non-ortho nitro benzene ring substituents is 1. The molecule has 7 heteroatoms. The highest BCUT2D eigenvalue weighted by atomic mass is 16.6. The summed E-state index contributed by atoms with van der Waals surface area (Å²) >= 11 is 0. The second-order valence-corrected chi connectivity index (χ2v) is 6.67. The number of benzene rings is 3. The minimum absolute atomic E-state index is 0.0453. The van der Waals surface area contributed by atoms with Gasteiger partial charge in [0.2, 0.25) is 0 Å². The van der Waals surface area contributed by atoms with Gasteiger partial charge in [0.05, 0.1) is 17.6 Å². The third-order valence-corrected chi connectivity index (χ3v) is 4.45. The number of carbonyl (C=O) groups is 2. The number of hydrogen-bond acceptors (Lipinski definition) is 6. The van der Waals surface area contributed by atoms with E-state index in [1.54, 1.807) is 30.3 Å². The number of rotatable bonds is 7. The van der Waals surface area contributed by atoms with Gasteiger partial charge in [-0.15, -0.1) is 0 Å². The molecule has 0 atom stereocenters. The van der Waals surface area contributed by atoms with E-state index in [9.17, 15) is 19.7 Å². The Morgan fingerprint density at radius 2 is 1.68 bits per heavy atom. The number of nitrogens with zero attached hydrogens (tertiary/aromatic N) is 1. The van der Waals surface area contributed by atoms with Crippen molar-refractivity contribution in [1.29, 1.82) is 0 Å². The van der Waals surface area contributed by atoms with Crippen molar-refractivity contribution < 1.29 is 24.0 Å². The predicted molar refractivity (Wildman–Crippen MR) is 116 cm³/mol. The van der Waals surface area contributed by atoms with Gasteiger partial charge in [-0.2, -0.15) is 0 Å². The molecule has 0 aromatic heterocycles. The lowest BCUT2D eigenvalue weighted by atomic mass is 10.1. The van der Waals surface area contributed by atoms with Crippen molar-refractivity contribution in [3.8, 4) is 11.5 Å². The number of ether oxygens (including phenoxy) is 2. The van der Waals surface area contributed by atoms with E-state index in [0.717, 1.165) is 11.6 Å². The molecule has 156 valence electrons. The minimum atomic E-state index is -0.750. The molecule has 0 heterocycles. The van der Waals surface area contributed by atoms with Crippen LogP contribution in [-0.4, -0.2) is 23.8 Å². The zero-order valence-electron chi connectivity index (χ0n) is 16.9. The summed E-state index contributed by atoms with van der Waals surface area (Å²) < 4.78 is 10.6. The van der Waals surface area contributed by atoms with Gasteiger partial charge < -0.3 is 9.47 Å². The van der Waals surface area contributed by atoms with Gasteiger partial charge in [0, 0.05) is 17.7 Å². The zero-order chi connectivity index (χ0) is 22.4. The second kappa shape index (κ2) is 9.49. The summed E-state index contributed by atoms with van der Waals surface area (Å²) in [7, 11) is 1.42. The fourth-order valence-corrected chi connectivity index (χ4v) is 2.76. The molecule has 0 saturated carbocycles. The number of nitro groups is 1. The molecule has 0 unspecified atom stereocenters. The SMILES string of the molecule is COc1cc(C=CC(=O)c2ccc(C)cc2)ccc1OC(=O)c1cccc([N+](=O)[O-])c1. The minimum Gasteiger partial charge on any atom is -0.493 e. The first-order chi connectivity index (χ1) is 14.9. The van der Waals surface area contributed by atoms with Gasteiger partial charge >= 0.3 is 5.97 Å². The van der Waals surface area contributed by atoms with Crippen LogP contribution in [-0.2, 0) is 0 Å². The Morgan fingerprint density at radius 1 is 0.935 bits per heavy atom. The number of allylic oxidation sites excluding steroid dienone is 1. The van der Waals surface area contributed by atoms with Gasteiger partial charge in [0.15, 0.2) is 17.3 Å². The molecule has 0 aliphatic rings. The predicted octanol–water partition coefficient (Wildman–Crippen LogP) is 5.03. The molecule has 0 radical (unpaired) electrons. The van der Waals surface area contributed by atoms with Crippen molar-refractivity contribution in [2.75, 3.05) is 7.11 Å². The number of nitro benzene ring substituents is 1. The highest BCUT2D eigenvalue weighted by Gasteiger charge is 2.16. The molecule has 0 spiro atoms. The van der Waals surface area contributed by atoms with Gasteiger partial charge in [-0.05, 0) is 36.8 Å². The average molecular weight is 417 g/mol. The Balaban J connectivity index is 1.76. The Hall–Kier alpha value is -4.26. The second-order valence-electron chi connectivity index (χ2n) is 6.67. The maximum absolute atomic E-state index is 12.4. The van der Waals surface area contributed by atoms with Crippen molar-refractivity contribution in [3.63, 3.8) is 0 Å². The van der Waals surface area contributed by atoms with Crippen molar-refractivity contribution in [2.45, 2.75) is 6.92 Å². The molecule has 0 N–H and O–H groups in total. The van der Waals surface area contributed by atoms with Gasteiger partial charge in [0.25, 0.3) is 5.69 Å². The number of esters is 1. The first kappa shape index (κ1) is 21.4. The van der Waals surface area contributed by atoms with Crippen molar-refractivity contribution in [1.82, 2.24) is 0 Å². The smallest absolute Gasteiger partial charge is 0.343 e. The number of hydrogen-bond donors (Lipinski definition) is 0. The van der Waals surface area contributed by atoms with Crippen LogP contribution in [0.15, 0.2) is 72.8 Å². The molecule has 0 fully saturated rings. The average Bonchev–Trinajstić information content (AvgIpc) is 2.78. The molecule has 0 saturated heterocycles. The zero-order valence-corrected chi connectivity index (χ0v) is 16.9. The maximum Gasteiger partial charge on any atom is 0.343 e. The Bertz CT molecular complexity index is 1160. The number of aryl methyl sites for hydroxylation is 1. The standard InChI is InChI=1S/C24H19NO6/c1-16-6-10-18(11-7-16)21(26)12-8-17-9-13-22(23(14-17)30-2)31-24(27)19-4-3-5-20(15-19)25(28)29/h3-15H,1-2H3. The van der Waals surface area contributed by atoms with Gasteiger partial charge in [-0.3, -0.25) is 14.9 Å². The van der Waals surface area contributed by atoms with Gasteiger partial charge in [-0.1, -0.05) is 48.0 Å². The molecule has 7 nitrogen and oxygen atoms in total. The van der Waals surface area contributed by atoms with E-state index in [2.05, 4.69) is 0 Å². The Morgan fingerprint density at radius 3 is 2.35 bits per heavy atom. The number of methoxy groups -OCH3 is 1. The van der Waals surface area contributed by atoms with E-state index in [-0.39, 0.29) is 28.5 Å². The summed E-state index contributed by atoms with van der Waals surface area (Å²) in [5, 5.41) is 10.9. The van der Waals surface area contributed by atoms with Gasteiger partial charge in [0.1, 0.15) is 0 Å². The van der Waals surface area contributed by atoms with Crippen LogP contribution >= 0.6 is 0 Å². The van der Waals surface area contributed by atoms with Crippen molar-refractivity contribution in [2.24, 2.45) is 0 Å². The Kier molecular flexibility index (Phi) is 6.57. The van der Waals surface area contributed by atoms with E-state index in [1.807, 2.05) is 19.1 Å². The van der Waals surface area contributed by atoms with E-state index < -0.39 is 10.9 Å². The van der Waals surface area contributed by atoms with E-state index in [4.69, 9.17) is 9.47 Å². The normalized spacial score (nSPS) is 10.6. The van der Waals surface area contributed by atoms with Crippen LogP contribution in [0.2, 0.25) is 0 Å². The molecule has 3 aromatic carbocycles. The lowest BCUT2D eigenvalue weighted by molar-refractivity contribution is -0.384. The van der Waals surface area contributed by atoms with E-state index in [1.165, 1.54) is 37.5 Å². The lowest BCUT2D eigenvalue weighted by Crippen LogP contribution is -2.09. The molecule has 0 aliphatic heterocycles. The first-order valence-electron chi connectivity index (χ1n) is 9.31. The molecule has 0 aliphatic carbocycles. The summed E-state index contributed by atoms with van der Waals surface area (Å²) in [6.07, 6.45) is 3.09. The van der Waals surface area contributed by atoms with Crippen LogP contribution in [0.3, 0.4) is 0 Å². The summed E-state index contributed by atoms with van der Waals surface area (Å²) in [4.78, 5) is 35.0. The summed E-state index contributed by atoms with van der Waals surface area (Å²) in [5.41, 5.74) is 2.16. The maximum atomic E-state index is 12.4. The summed E-state index contributed by atoms with van der Waals surface area (Å²) in [5.74, 6) is -0.454. The first-order valence-corrected chi connectivity index (χ1v) is 9.31. The van der Waals surface area contributed by atoms with E-state index >= 15 is 0 Å². The molecule has 31 heavy (non-hydrogen) atoms. The van der Waals surface area contributed by atoms with Crippen LogP contribution in [0.5, 0.6) is 11.5 Å². The monoisotopic (exact) mass is 417 g/mol. The Labute approximate surface area is 178 Å². The van der Waals surface area contributed by atoms with Crippen molar-refractivity contribution >= 4 is 23.5 Å². The molecular weight excluding hydrogens is 398 g/mol. The fourth-order valence-electron chi connectivity index (χ4n) is 2.76. The van der Waals surface area contributed by atoms with Crippen LogP contribution in [0.25, 0.3) is 6.08 Å². The van der Waals surface area contributed by atoms with Crippen LogP contribution in [0.1, 0.15) is 31.8 Å². The highest BCUT2D eigenvalue weighted by Crippen LogP contribution is 2.29. The molecule has 0 bridgehead atoms. The highest BCUT2D eigenvalue weighted by molar-refractivity contribution is 6.06. The number of ketones is 1. The lowest BCUT2D eigenvalue weighted by Gasteiger charge is -2.10.